The number of aromatic nitrogens is 1. The highest BCUT2D eigenvalue weighted by atomic mass is 35.5. The average Bonchev–Trinajstić information content (AvgIpc) is 2.46. The molecule has 2 aromatic rings. The van der Waals surface area contributed by atoms with Crippen LogP contribution >= 0.6 is 23.2 Å². The lowest BCUT2D eigenvalue weighted by Gasteiger charge is -2.36. The number of allylic oxidation sites excluding steroid dienone is 2. The second-order valence-electron chi connectivity index (χ2n) is 6.41. The lowest BCUT2D eigenvalue weighted by Crippen LogP contribution is -2.24. The topological polar surface area (TPSA) is 38.9 Å². The molecule has 0 spiro atoms. The third-order valence-corrected chi connectivity index (χ3v) is 5.38. The number of rotatable bonds is 2. The van der Waals surface area contributed by atoms with E-state index in [1.165, 1.54) is 17.6 Å². The monoisotopic (exact) mass is 332 g/mol. The second kappa shape index (κ2) is 5.43. The molecule has 114 valence electrons. The maximum atomic E-state index is 6.52. The van der Waals surface area contributed by atoms with E-state index < -0.39 is 0 Å². The molecule has 4 heteroatoms. The minimum absolute atomic E-state index is 0.490. The maximum Gasteiger partial charge on any atom is 0.0741 e. The summed E-state index contributed by atoms with van der Waals surface area (Å²) >= 11 is 12.0. The third-order valence-electron chi connectivity index (χ3n) is 4.95. The molecule has 0 fully saturated rings. The van der Waals surface area contributed by atoms with E-state index in [0.717, 1.165) is 41.5 Å². The molecule has 2 bridgehead atoms. The lowest BCUT2D eigenvalue weighted by molar-refractivity contribution is 0.429. The van der Waals surface area contributed by atoms with E-state index in [1.807, 2.05) is 18.2 Å². The average molecular weight is 333 g/mol. The number of nitrogens with two attached hydrogens (primary N) is 1. The summed E-state index contributed by atoms with van der Waals surface area (Å²) in [6.07, 6.45) is 6.64. The Morgan fingerprint density at radius 2 is 2.14 bits per heavy atom. The van der Waals surface area contributed by atoms with Gasteiger partial charge in [0.2, 0.25) is 0 Å². The van der Waals surface area contributed by atoms with Gasteiger partial charge in [-0.05, 0) is 55.7 Å². The van der Waals surface area contributed by atoms with Crippen LogP contribution < -0.4 is 5.73 Å². The fourth-order valence-electron chi connectivity index (χ4n) is 4.09. The predicted molar refractivity (Wildman–Crippen MR) is 93.8 cm³/mol. The molecule has 2 aliphatic rings. The van der Waals surface area contributed by atoms with Crippen molar-refractivity contribution in [1.82, 2.24) is 4.98 Å². The van der Waals surface area contributed by atoms with Crippen LogP contribution in [-0.2, 0) is 6.42 Å². The summed E-state index contributed by atoms with van der Waals surface area (Å²) < 4.78 is 0. The molecule has 4 rings (SSSR count). The van der Waals surface area contributed by atoms with E-state index in [2.05, 4.69) is 6.08 Å². The molecule has 1 aromatic carbocycles. The highest BCUT2D eigenvalue weighted by Crippen LogP contribution is 2.47. The van der Waals surface area contributed by atoms with Gasteiger partial charge in [-0.1, -0.05) is 23.3 Å². The second-order valence-corrected chi connectivity index (χ2v) is 7.23. The number of halogens is 2. The number of nitrogens with zero attached hydrogens (tertiary/aromatic N) is 1. The van der Waals surface area contributed by atoms with Gasteiger partial charge < -0.3 is 5.73 Å². The third kappa shape index (κ3) is 2.29. The van der Waals surface area contributed by atoms with Gasteiger partial charge in [0.05, 0.1) is 5.52 Å². The van der Waals surface area contributed by atoms with Crippen LogP contribution in [0.3, 0.4) is 0 Å². The van der Waals surface area contributed by atoms with Gasteiger partial charge in [0.15, 0.2) is 0 Å². The van der Waals surface area contributed by atoms with E-state index in [9.17, 15) is 0 Å². The van der Waals surface area contributed by atoms with Crippen molar-refractivity contribution in [2.75, 3.05) is 11.6 Å². The Bertz CT molecular complexity index is 782. The van der Waals surface area contributed by atoms with Crippen molar-refractivity contribution in [2.45, 2.75) is 31.6 Å². The van der Waals surface area contributed by atoms with E-state index in [0.29, 0.717) is 22.7 Å². The first-order valence-electron chi connectivity index (χ1n) is 7.78. The smallest absolute Gasteiger partial charge is 0.0741 e. The molecule has 2 nitrogen and oxygen atoms in total. The van der Waals surface area contributed by atoms with E-state index in [-0.39, 0.29) is 0 Å². The quantitative estimate of drug-likeness (QED) is 0.615. The van der Waals surface area contributed by atoms with Gasteiger partial charge in [0, 0.05) is 33.2 Å². The van der Waals surface area contributed by atoms with Crippen LogP contribution in [0.15, 0.2) is 29.8 Å². The van der Waals surface area contributed by atoms with Gasteiger partial charge in [-0.15, -0.1) is 11.6 Å². The molecule has 2 atom stereocenters. The number of hydrogen-bond acceptors (Lipinski definition) is 2. The molecule has 1 heterocycles. The molecule has 1 aromatic heterocycles. The fraction of sp³-hybridized carbons (Fsp3) is 0.389. The van der Waals surface area contributed by atoms with Crippen LogP contribution in [0.2, 0.25) is 5.02 Å². The summed E-state index contributed by atoms with van der Waals surface area (Å²) in [5.41, 5.74) is 12.2. The molecule has 0 amide bonds. The summed E-state index contributed by atoms with van der Waals surface area (Å²) in [5.74, 6) is 1.76. The van der Waals surface area contributed by atoms with Crippen molar-refractivity contribution >= 4 is 39.8 Å². The zero-order valence-electron chi connectivity index (χ0n) is 12.3. The Balaban J connectivity index is 1.85. The van der Waals surface area contributed by atoms with Crippen molar-refractivity contribution in [3.63, 3.8) is 0 Å². The number of fused-ring (bicyclic) bond motifs is 5. The summed E-state index contributed by atoms with van der Waals surface area (Å²) in [6.45, 7) is 0. The molecule has 0 saturated heterocycles. The van der Waals surface area contributed by atoms with Crippen molar-refractivity contribution in [3.05, 3.63) is 46.1 Å². The SMILES string of the molecule is Nc1c2c(nc3cc(Cl)ccc13)CC1C=C(CCCl)CC2C1. The van der Waals surface area contributed by atoms with Gasteiger partial charge in [0.1, 0.15) is 0 Å². The van der Waals surface area contributed by atoms with E-state index in [1.54, 1.807) is 0 Å². The van der Waals surface area contributed by atoms with Crippen LogP contribution in [0, 0.1) is 5.92 Å². The summed E-state index contributed by atoms with van der Waals surface area (Å²) in [5, 5.41) is 1.73. The van der Waals surface area contributed by atoms with Crippen molar-refractivity contribution in [2.24, 2.45) is 5.92 Å². The van der Waals surface area contributed by atoms with Gasteiger partial charge >= 0.3 is 0 Å². The van der Waals surface area contributed by atoms with Gasteiger partial charge in [-0.2, -0.15) is 0 Å². The fourth-order valence-corrected chi connectivity index (χ4v) is 4.50. The highest BCUT2D eigenvalue weighted by molar-refractivity contribution is 6.31. The van der Waals surface area contributed by atoms with Crippen LogP contribution in [0.1, 0.15) is 36.4 Å². The van der Waals surface area contributed by atoms with Gasteiger partial charge in [-0.3, -0.25) is 4.98 Å². The highest BCUT2D eigenvalue weighted by Gasteiger charge is 2.33. The van der Waals surface area contributed by atoms with Crippen molar-refractivity contribution in [1.29, 1.82) is 0 Å². The number of pyridine rings is 1. The molecule has 2 unspecified atom stereocenters. The summed E-state index contributed by atoms with van der Waals surface area (Å²) in [4.78, 5) is 4.87. The van der Waals surface area contributed by atoms with Crippen LogP contribution in [0.5, 0.6) is 0 Å². The zero-order valence-corrected chi connectivity index (χ0v) is 13.8. The summed E-state index contributed by atoms with van der Waals surface area (Å²) in [7, 11) is 0. The maximum absolute atomic E-state index is 6.52. The Hall–Kier alpha value is -1.25. The minimum atomic E-state index is 0.490. The molecule has 0 saturated carbocycles. The first-order chi connectivity index (χ1) is 10.7. The van der Waals surface area contributed by atoms with E-state index in [4.69, 9.17) is 33.9 Å². The first kappa shape index (κ1) is 14.3. The molecular formula is C18H18Cl2N2. The van der Waals surface area contributed by atoms with Crippen LogP contribution in [0.4, 0.5) is 5.69 Å². The number of hydrogen-bond donors (Lipinski definition) is 1. The number of alkyl halides is 1. The lowest BCUT2D eigenvalue weighted by atomic mass is 9.70. The summed E-state index contributed by atoms with van der Waals surface area (Å²) in [6, 6.07) is 5.79. The largest absolute Gasteiger partial charge is 0.398 e. The zero-order chi connectivity index (χ0) is 15.3. The van der Waals surface area contributed by atoms with Crippen molar-refractivity contribution in [3.8, 4) is 0 Å². The molecule has 0 radical (unpaired) electrons. The molecule has 2 aliphatic carbocycles. The molecule has 0 aliphatic heterocycles. The van der Waals surface area contributed by atoms with Crippen molar-refractivity contribution < 1.29 is 0 Å². The van der Waals surface area contributed by atoms with Gasteiger partial charge in [-0.25, -0.2) is 0 Å². The van der Waals surface area contributed by atoms with Gasteiger partial charge in [0.25, 0.3) is 0 Å². The minimum Gasteiger partial charge on any atom is -0.398 e. The van der Waals surface area contributed by atoms with Crippen LogP contribution in [-0.4, -0.2) is 10.9 Å². The molecular weight excluding hydrogens is 315 g/mol. The Kier molecular flexibility index (Phi) is 3.54. The molecule has 22 heavy (non-hydrogen) atoms. The number of benzene rings is 1. The normalized spacial score (nSPS) is 23.3. The van der Waals surface area contributed by atoms with Crippen LogP contribution in [0.25, 0.3) is 10.9 Å². The number of nitrogen functional groups attached to an aromatic ring is 1. The van der Waals surface area contributed by atoms with E-state index >= 15 is 0 Å². The first-order valence-corrected chi connectivity index (χ1v) is 8.70. The number of anilines is 1. The molecule has 2 N–H and O–H groups in total. The standard InChI is InChI=1S/C18H18Cl2N2/c19-4-3-10-5-11-7-12(6-10)17-16(8-11)22-15-9-13(20)1-2-14(15)18(17)21/h1-2,5,9,11-12H,3-4,6-8H2,(H2,21,22). The predicted octanol–water partition coefficient (Wildman–Crippen LogP) is 5.08. The Labute approximate surface area is 140 Å². The Morgan fingerprint density at radius 3 is 2.95 bits per heavy atom. The Morgan fingerprint density at radius 1 is 1.27 bits per heavy atom.